The van der Waals surface area contributed by atoms with Gasteiger partial charge in [-0.1, -0.05) is 0 Å². The largest absolute Gasteiger partial charge is 0.357 e. The first-order valence-corrected chi connectivity index (χ1v) is 5.92. The van der Waals surface area contributed by atoms with Crippen molar-refractivity contribution in [2.45, 2.75) is 6.92 Å². The van der Waals surface area contributed by atoms with Gasteiger partial charge in [-0.3, -0.25) is 9.69 Å². The van der Waals surface area contributed by atoms with Crippen molar-refractivity contribution in [3.63, 3.8) is 0 Å². The number of rotatable bonds is 2. The number of anilines is 1. The van der Waals surface area contributed by atoms with Gasteiger partial charge in [-0.15, -0.1) is 0 Å². The molecule has 0 unspecified atom stereocenters. The van der Waals surface area contributed by atoms with E-state index in [0.717, 1.165) is 10.0 Å². The summed E-state index contributed by atoms with van der Waals surface area (Å²) < 4.78 is 0.805. The highest BCUT2D eigenvalue weighted by atomic mass is 79.9. The van der Waals surface area contributed by atoms with Crippen LogP contribution in [0.25, 0.3) is 0 Å². The number of aryl methyl sites for hydroxylation is 1. The predicted octanol–water partition coefficient (Wildman–Crippen LogP) is 2.76. The second-order valence-corrected chi connectivity index (χ2v) is 4.62. The molecule has 1 N–H and O–H groups in total. The number of H-pyrrole nitrogens is 1. The topological polar surface area (TPSA) is 49.0 Å². The zero-order valence-corrected chi connectivity index (χ0v) is 11.2. The number of nitrogens with one attached hydrogen (secondary N) is 1. The molecule has 0 aliphatic rings. The number of hydrogen-bond acceptors (Lipinski definition) is 2. The molecule has 0 spiro atoms. The Hall–Kier alpha value is -1.62. The zero-order valence-electron chi connectivity index (χ0n) is 9.57. The normalized spacial score (nSPS) is 10.3. The van der Waals surface area contributed by atoms with E-state index in [2.05, 4.69) is 25.9 Å². The minimum atomic E-state index is -0.118. The molecule has 0 saturated carbocycles. The number of carbonyl (C=O) groups excluding carboxylic acids is 1. The first-order valence-electron chi connectivity index (χ1n) is 5.13. The van der Waals surface area contributed by atoms with Crippen LogP contribution in [-0.4, -0.2) is 22.9 Å². The molecule has 0 atom stereocenters. The molecule has 5 heteroatoms. The van der Waals surface area contributed by atoms with Gasteiger partial charge in [-0.2, -0.15) is 0 Å². The minimum absolute atomic E-state index is 0.118. The fourth-order valence-electron chi connectivity index (χ4n) is 1.51. The molecule has 2 aromatic rings. The number of aromatic nitrogens is 2. The van der Waals surface area contributed by atoms with Crippen molar-refractivity contribution in [3.05, 3.63) is 46.3 Å². The lowest BCUT2D eigenvalue weighted by atomic mass is 10.3. The maximum absolute atomic E-state index is 12.1. The third-order valence-electron chi connectivity index (χ3n) is 2.41. The predicted molar refractivity (Wildman–Crippen MR) is 70.2 cm³/mol. The molecule has 1 amide bonds. The lowest BCUT2D eigenvalue weighted by Crippen LogP contribution is -2.27. The van der Waals surface area contributed by atoms with Crippen LogP contribution in [0.4, 0.5) is 5.82 Å². The third-order valence-corrected chi connectivity index (χ3v) is 2.99. The van der Waals surface area contributed by atoms with Crippen molar-refractivity contribution in [2.75, 3.05) is 11.9 Å². The summed E-state index contributed by atoms with van der Waals surface area (Å²) in [5.41, 5.74) is 1.59. The van der Waals surface area contributed by atoms with Crippen molar-refractivity contribution in [3.8, 4) is 0 Å². The molecule has 0 aliphatic carbocycles. The summed E-state index contributed by atoms with van der Waals surface area (Å²) >= 11 is 3.41. The molecule has 2 aromatic heterocycles. The van der Waals surface area contributed by atoms with E-state index in [0.29, 0.717) is 11.5 Å². The summed E-state index contributed by atoms with van der Waals surface area (Å²) in [5, 5.41) is 0. The Morgan fingerprint density at radius 3 is 2.88 bits per heavy atom. The maximum Gasteiger partial charge on any atom is 0.275 e. The summed E-state index contributed by atoms with van der Waals surface area (Å²) in [6.45, 7) is 1.95. The Balaban J connectivity index is 2.31. The van der Waals surface area contributed by atoms with Gasteiger partial charge in [0.05, 0.1) is 4.47 Å². The number of aromatic amines is 1. The SMILES string of the molecule is Cc1cnc(N(C)C(=O)c2ccc[nH]2)c(Br)c1. The lowest BCUT2D eigenvalue weighted by Gasteiger charge is -2.17. The van der Waals surface area contributed by atoms with Gasteiger partial charge in [0, 0.05) is 19.4 Å². The van der Waals surface area contributed by atoms with Gasteiger partial charge in [0.15, 0.2) is 0 Å². The smallest absolute Gasteiger partial charge is 0.275 e. The van der Waals surface area contributed by atoms with Gasteiger partial charge in [-0.25, -0.2) is 4.98 Å². The number of nitrogens with zero attached hydrogens (tertiary/aromatic N) is 2. The molecule has 0 bridgehead atoms. The fourth-order valence-corrected chi connectivity index (χ4v) is 2.24. The molecule has 0 fully saturated rings. The van der Waals surface area contributed by atoms with Crippen LogP contribution in [-0.2, 0) is 0 Å². The van der Waals surface area contributed by atoms with E-state index in [4.69, 9.17) is 0 Å². The Labute approximate surface area is 108 Å². The van der Waals surface area contributed by atoms with Crippen LogP contribution in [0, 0.1) is 6.92 Å². The molecule has 88 valence electrons. The molecule has 0 aromatic carbocycles. The lowest BCUT2D eigenvalue weighted by molar-refractivity contribution is 0.0988. The van der Waals surface area contributed by atoms with Gasteiger partial charge < -0.3 is 4.98 Å². The maximum atomic E-state index is 12.1. The number of amides is 1. The molecular formula is C12H12BrN3O. The highest BCUT2D eigenvalue weighted by molar-refractivity contribution is 9.10. The summed E-state index contributed by atoms with van der Waals surface area (Å²) in [6, 6.07) is 5.46. The molecule has 4 nitrogen and oxygen atoms in total. The van der Waals surface area contributed by atoms with Crippen LogP contribution in [0.5, 0.6) is 0 Å². The van der Waals surface area contributed by atoms with Crippen molar-refractivity contribution < 1.29 is 4.79 Å². The third kappa shape index (κ3) is 2.39. The van der Waals surface area contributed by atoms with Crippen molar-refractivity contribution >= 4 is 27.7 Å². The number of carbonyl (C=O) groups is 1. The standard InChI is InChI=1S/C12H12BrN3O/c1-8-6-9(13)11(15-7-8)16(2)12(17)10-4-3-5-14-10/h3-7,14H,1-2H3. The Morgan fingerprint density at radius 2 is 2.29 bits per heavy atom. The average molecular weight is 294 g/mol. The Kier molecular flexibility index (Phi) is 3.28. The van der Waals surface area contributed by atoms with Gasteiger partial charge in [0.2, 0.25) is 0 Å². The molecular weight excluding hydrogens is 282 g/mol. The van der Waals surface area contributed by atoms with E-state index in [9.17, 15) is 4.79 Å². The van der Waals surface area contributed by atoms with Gasteiger partial charge in [0.1, 0.15) is 11.5 Å². The summed E-state index contributed by atoms with van der Waals surface area (Å²) in [6.07, 6.45) is 3.46. The molecule has 17 heavy (non-hydrogen) atoms. The van der Waals surface area contributed by atoms with Gasteiger partial charge in [-0.05, 0) is 46.6 Å². The monoisotopic (exact) mass is 293 g/mol. The quantitative estimate of drug-likeness (QED) is 0.926. The zero-order chi connectivity index (χ0) is 12.4. The van der Waals surface area contributed by atoms with E-state index in [1.165, 1.54) is 4.90 Å². The molecule has 0 radical (unpaired) electrons. The number of hydrogen-bond donors (Lipinski definition) is 1. The summed E-state index contributed by atoms with van der Waals surface area (Å²) in [5.74, 6) is 0.488. The molecule has 2 rings (SSSR count). The molecule has 0 aliphatic heterocycles. The van der Waals surface area contributed by atoms with E-state index in [1.54, 1.807) is 31.6 Å². The second-order valence-electron chi connectivity index (χ2n) is 3.77. The second kappa shape index (κ2) is 4.71. The molecule has 2 heterocycles. The molecule has 0 saturated heterocycles. The van der Waals surface area contributed by atoms with Gasteiger partial charge >= 0.3 is 0 Å². The fraction of sp³-hybridized carbons (Fsp3) is 0.167. The average Bonchev–Trinajstić information content (AvgIpc) is 2.80. The van der Waals surface area contributed by atoms with E-state index >= 15 is 0 Å². The van der Waals surface area contributed by atoms with E-state index in [1.807, 2.05) is 13.0 Å². The van der Waals surface area contributed by atoms with Crippen molar-refractivity contribution in [1.82, 2.24) is 9.97 Å². The van der Waals surface area contributed by atoms with Crippen LogP contribution < -0.4 is 4.90 Å². The van der Waals surface area contributed by atoms with E-state index in [-0.39, 0.29) is 5.91 Å². The highest BCUT2D eigenvalue weighted by Crippen LogP contribution is 2.24. The highest BCUT2D eigenvalue weighted by Gasteiger charge is 2.17. The van der Waals surface area contributed by atoms with Crippen molar-refractivity contribution in [1.29, 1.82) is 0 Å². The van der Waals surface area contributed by atoms with Gasteiger partial charge in [0.25, 0.3) is 5.91 Å². The van der Waals surface area contributed by atoms with Crippen molar-refractivity contribution in [2.24, 2.45) is 0 Å². The van der Waals surface area contributed by atoms with E-state index < -0.39 is 0 Å². The Bertz CT molecular complexity index is 537. The van der Waals surface area contributed by atoms with Crippen LogP contribution >= 0.6 is 15.9 Å². The van der Waals surface area contributed by atoms with Crippen LogP contribution in [0.1, 0.15) is 16.1 Å². The number of halogens is 1. The summed E-state index contributed by atoms with van der Waals surface area (Å²) in [7, 11) is 1.70. The number of pyridine rings is 1. The first kappa shape index (κ1) is 11.9. The summed E-state index contributed by atoms with van der Waals surface area (Å²) in [4.78, 5) is 20.7. The Morgan fingerprint density at radius 1 is 1.53 bits per heavy atom. The minimum Gasteiger partial charge on any atom is -0.357 e. The van der Waals surface area contributed by atoms with Crippen LogP contribution in [0.2, 0.25) is 0 Å². The van der Waals surface area contributed by atoms with Crippen LogP contribution in [0.15, 0.2) is 35.1 Å². The first-order chi connectivity index (χ1) is 8.09. The van der Waals surface area contributed by atoms with Crippen LogP contribution in [0.3, 0.4) is 0 Å².